The second-order valence-electron chi connectivity index (χ2n) is 5.44. The van der Waals surface area contributed by atoms with E-state index in [4.69, 9.17) is 20.3 Å². The Kier molecular flexibility index (Phi) is 9.87. The van der Waals surface area contributed by atoms with Gasteiger partial charge in [-0.1, -0.05) is 0 Å². The molecule has 5 N–H and O–H groups in total. The van der Waals surface area contributed by atoms with Crippen molar-refractivity contribution in [3.8, 4) is 0 Å². The van der Waals surface area contributed by atoms with Gasteiger partial charge in [0.05, 0.1) is 12.9 Å². The molecule has 19 heteroatoms. The van der Waals surface area contributed by atoms with Crippen LogP contribution in [0.25, 0.3) is 11.2 Å². The number of hydrogen-bond acceptors (Lipinski definition) is 12. The van der Waals surface area contributed by atoms with Crippen molar-refractivity contribution in [2.24, 2.45) is 0 Å². The third-order valence-electron chi connectivity index (χ3n) is 3.63. The smallest absolute Gasteiger partial charge is 0.756 e. The maximum absolute atomic E-state index is 11.1. The van der Waals surface area contributed by atoms with Crippen LogP contribution in [0.3, 0.4) is 0 Å². The van der Waals surface area contributed by atoms with Gasteiger partial charge in [-0.2, -0.15) is 0 Å². The number of ether oxygens (including phenoxy) is 1. The number of nitrogen functional groups attached to an aromatic ring is 1. The third kappa shape index (κ3) is 6.73. The molecule has 2 aromatic heterocycles. The normalized spacial score (nSPS) is 28.2. The fourth-order valence-corrected chi connectivity index (χ4v) is 3.44. The van der Waals surface area contributed by atoms with Crippen LogP contribution in [0.2, 0.25) is 0 Å². The Hall–Kier alpha value is 0.490. The van der Waals surface area contributed by atoms with E-state index in [-0.39, 0.29) is 76.1 Å². The van der Waals surface area contributed by atoms with Crippen molar-refractivity contribution in [1.82, 2.24) is 19.5 Å². The van der Waals surface area contributed by atoms with E-state index in [1.807, 2.05) is 0 Å². The molecule has 15 nitrogen and oxygen atoms in total. The van der Waals surface area contributed by atoms with Gasteiger partial charge in [0, 0.05) is 0 Å². The fourth-order valence-electron chi connectivity index (χ4n) is 2.57. The summed E-state index contributed by atoms with van der Waals surface area (Å²) in [6.45, 7) is -0.854. The summed E-state index contributed by atoms with van der Waals surface area (Å²) in [6, 6.07) is 0. The molecular formula is C10H13N5Na2O10P2. The van der Waals surface area contributed by atoms with Crippen molar-refractivity contribution in [2.75, 3.05) is 12.3 Å². The predicted molar refractivity (Wildman–Crippen MR) is 80.1 cm³/mol. The van der Waals surface area contributed by atoms with Crippen molar-refractivity contribution < 1.29 is 107 Å². The molecule has 3 rings (SSSR count). The Morgan fingerprint density at radius 2 is 1.86 bits per heavy atom. The number of phosphoric acid groups is 2. The van der Waals surface area contributed by atoms with E-state index in [9.17, 15) is 24.0 Å². The van der Waals surface area contributed by atoms with Crippen LogP contribution in [0.4, 0.5) is 5.82 Å². The van der Waals surface area contributed by atoms with Gasteiger partial charge in [0.1, 0.15) is 30.2 Å². The first-order valence-electron chi connectivity index (χ1n) is 7.13. The molecule has 2 aromatic rings. The first-order valence-corrected chi connectivity index (χ1v) is 10.1. The van der Waals surface area contributed by atoms with E-state index in [0.29, 0.717) is 0 Å². The van der Waals surface area contributed by atoms with Crippen LogP contribution in [0, 0.1) is 0 Å². The SMILES string of the molecule is Nc1ncnc2c1ncn2[C@@H]1O[C@H](COP(=O)([O-])O)[C@@H](O)[C@H]1OP(=O)([O-])O.[Na+].[Na+]. The van der Waals surface area contributed by atoms with E-state index in [2.05, 4.69) is 24.0 Å². The summed E-state index contributed by atoms with van der Waals surface area (Å²) in [7, 11) is -10.5. The Morgan fingerprint density at radius 3 is 2.45 bits per heavy atom. The van der Waals surface area contributed by atoms with Gasteiger partial charge in [0.2, 0.25) is 0 Å². The van der Waals surface area contributed by atoms with Crippen LogP contribution in [0.5, 0.6) is 0 Å². The quantitative estimate of drug-likeness (QED) is 0.226. The van der Waals surface area contributed by atoms with Gasteiger partial charge in [-0.05, 0) is 0 Å². The van der Waals surface area contributed by atoms with E-state index < -0.39 is 46.8 Å². The molecule has 1 aliphatic heterocycles. The van der Waals surface area contributed by atoms with E-state index in [1.54, 1.807) is 0 Å². The minimum Gasteiger partial charge on any atom is -0.756 e. The first kappa shape index (κ1) is 27.5. The van der Waals surface area contributed by atoms with Gasteiger partial charge in [-0.3, -0.25) is 13.7 Å². The molecule has 150 valence electrons. The zero-order chi connectivity index (χ0) is 20.0. The van der Waals surface area contributed by atoms with Gasteiger partial charge in [-0.15, -0.1) is 0 Å². The number of aliphatic hydroxyl groups is 1. The number of aliphatic hydroxyl groups excluding tert-OH is 1. The Morgan fingerprint density at radius 1 is 1.21 bits per heavy atom. The van der Waals surface area contributed by atoms with E-state index in [1.165, 1.54) is 0 Å². The summed E-state index contributed by atoms with van der Waals surface area (Å²) in [6.07, 6.45) is -4.12. The van der Waals surface area contributed by atoms with E-state index in [0.717, 1.165) is 17.2 Å². The van der Waals surface area contributed by atoms with Crippen LogP contribution in [0.15, 0.2) is 12.7 Å². The third-order valence-corrected chi connectivity index (χ3v) is 4.62. The van der Waals surface area contributed by atoms with Gasteiger partial charge < -0.3 is 44.2 Å². The number of anilines is 1. The monoisotopic (exact) mass is 471 g/mol. The van der Waals surface area contributed by atoms with Crippen molar-refractivity contribution in [3.05, 3.63) is 12.7 Å². The second-order valence-corrected chi connectivity index (χ2v) is 7.78. The maximum atomic E-state index is 11.1. The minimum atomic E-state index is -5.33. The van der Waals surface area contributed by atoms with Crippen LogP contribution in [-0.2, 0) is 22.9 Å². The zero-order valence-electron chi connectivity index (χ0n) is 15.1. The predicted octanol–water partition coefficient (Wildman–Crippen LogP) is -9.00. The topological polar surface area (TPSA) is 238 Å². The molecule has 1 fully saturated rings. The Balaban J connectivity index is 0.00000210. The average Bonchev–Trinajstić information content (AvgIpc) is 3.07. The molecule has 6 atom stereocenters. The Labute approximate surface area is 207 Å². The molecule has 0 spiro atoms. The number of nitrogens with zero attached hydrogens (tertiary/aromatic N) is 4. The van der Waals surface area contributed by atoms with Crippen molar-refractivity contribution >= 4 is 32.6 Å². The van der Waals surface area contributed by atoms with Crippen LogP contribution in [0.1, 0.15) is 6.23 Å². The summed E-state index contributed by atoms with van der Waals surface area (Å²) in [5.74, 6) is 0.0128. The number of aromatic nitrogens is 4. The summed E-state index contributed by atoms with van der Waals surface area (Å²) in [5.41, 5.74) is 5.89. The van der Waals surface area contributed by atoms with Crippen molar-refractivity contribution in [3.63, 3.8) is 0 Å². The molecule has 0 aliphatic carbocycles. The van der Waals surface area contributed by atoms with Crippen molar-refractivity contribution in [1.29, 1.82) is 0 Å². The molecular weight excluding hydrogens is 458 g/mol. The molecule has 1 saturated heterocycles. The standard InChI is InChI=1S/C10H15N5O10P2.2Na/c11-8-5-9(13-2-12-8)15(3-14-5)10-7(25-27(20,21)22)6(16)4(24-10)1-23-26(17,18)19;;/h2-4,6-7,10,16H,1H2,(H2,11,12,13)(H2,17,18,19)(H2,20,21,22);;/q;2*+1/p-2/t4-,6-,7-,10-;;/m1../s1. The maximum Gasteiger partial charge on any atom is 1.00 e. The minimum absolute atomic E-state index is 0. The summed E-state index contributed by atoms with van der Waals surface area (Å²) in [4.78, 5) is 51.2. The number of nitrogens with two attached hydrogens (primary N) is 1. The number of rotatable bonds is 6. The molecule has 3 heterocycles. The van der Waals surface area contributed by atoms with E-state index >= 15 is 0 Å². The van der Waals surface area contributed by atoms with Gasteiger partial charge in [0.15, 0.2) is 17.7 Å². The molecule has 29 heavy (non-hydrogen) atoms. The Bertz CT molecular complexity index is 937. The summed E-state index contributed by atoms with van der Waals surface area (Å²) >= 11 is 0. The summed E-state index contributed by atoms with van der Waals surface area (Å²) < 4.78 is 37.1. The van der Waals surface area contributed by atoms with Crippen molar-refractivity contribution in [2.45, 2.75) is 24.5 Å². The largest absolute Gasteiger partial charge is 1.00 e. The molecule has 2 unspecified atom stereocenters. The number of imidazole rings is 1. The fraction of sp³-hybridized carbons (Fsp3) is 0.500. The second kappa shape index (κ2) is 10.4. The van der Waals surface area contributed by atoms with Gasteiger partial charge in [0.25, 0.3) is 15.6 Å². The molecule has 1 aliphatic rings. The van der Waals surface area contributed by atoms with Gasteiger partial charge in [-0.25, -0.2) is 15.0 Å². The summed E-state index contributed by atoms with van der Waals surface area (Å²) in [5, 5.41) is 10.2. The molecule has 0 radical (unpaired) electrons. The number of fused-ring (bicyclic) bond motifs is 1. The average molecular weight is 471 g/mol. The van der Waals surface area contributed by atoms with Crippen LogP contribution >= 0.6 is 15.6 Å². The van der Waals surface area contributed by atoms with Crippen LogP contribution < -0.4 is 74.6 Å². The molecule has 0 aromatic carbocycles. The number of hydrogen-bond donors (Lipinski definition) is 4. The number of phosphoric ester groups is 2. The van der Waals surface area contributed by atoms with Gasteiger partial charge >= 0.3 is 59.1 Å². The van der Waals surface area contributed by atoms with Crippen LogP contribution in [-0.4, -0.2) is 59.3 Å². The first-order chi connectivity index (χ1) is 12.5. The molecule has 0 bridgehead atoms. The molecule has 0 amide bonds. The zero-order valence-corrected chi connectivity index (χ0v) is 20.9. The molecule has 0 saturated carbocycles.